The van der Waals surface area contributed by atoms with E-state index < -0.39 is 63.1 Å². The Balaban J connectivity index is 3.05. The van der Waals surface area contributed by atoms with E-state index in [2.05, 4.69) is 9.26 Å². The van der Waals surface area contributed by atoms with Gasteiger partial charge in [0, 0.05) is 20.8 Å². The van der Waals surface area contributed by atoms with E-state index in [1.54, 1.807) is 0 Å². The van der Waals surface area contributed by atoms with Gasteiger partial charge in [0.2, 0.25) is 6.29 Å². The van der Waals surface area contributed by atoms with Crippen LogP contribution in [0.25, 0.3) is 0 Å². The quantitative estimate of drug-likeness (QED) is 0.323. The van der Waals surface area contributed by atoms with Crippen LogP contribution >= 0.6 is 7.82 Å². The van der Waals surface area contributed by atoms with Crippen LogP contribution < -0.4 is 4.89 Å². The summed E-state index contributed by atoms with van der Waals surface area (Å²) in [7, 11) is -5.38. The number of carbonyl (C=O) groups excluding carboxylic acids is 3. The topological polar surface area (TPSA) is 158 Å². The average Bonchev–Trinajstić information content (AvgIpc) is 2.69. The molecule has 25 heavy (non-hydrogen) atoms. The second-order valence-electron chi connectivity index (χ2n) is 5.01. The van der Waals surface area contributed by atoms with Crippen LogP contribution in [-0.4, -0.2) is 60.2 Å². The van der Waals surface area contributed by atoms with Crippen LogP contribution in [0.1, 0.15) is 20.8 Å². The molecule has 11 nitrogen and oxygen atoms in total. The van der Waals surface area contributed by atoms with Gasteiger partial charge in [-0.25, -0.2) is 4.39 Å². The van der Waals surface area contributed by atoms with Gasteiger partial charge in [0.05, 0.1) is 0 Å². The van der Waals surface area contributed by atoms with E-state index in [0.29, 0.717) is 0 Å². The Morgan fingerprint density at radius 2 is 1.84 bits per heavy atom. The first-order valence-corrected chi connectivity index (χ1v) is 8.39. The fourth-order valence-electron chi connectivity index (χ4n) is 2.09. The van der Waals surface area contributed by atoms with E-state index >= 15 is 0 Å². The van der Waals surface area contributed by atoms with Crippen molar-refractivity contribution in [2.24, 2.45) is 0 Å². The number of esters is 3. The zero-order chi connectivity index (χ0) is 19.4. The summed E-state index contributed by atoms with van der Waals surface area (Å²) in [5.74, 6) is -2.53. The van der Waals surface area contributed by atoms with Gasteiger partial charge in [-0.05, 0) is 0 Å². The lowest BCUT2D eigenvalue weighted by Crippen LogP contribution is -2.45. The second kappa shape index (κ2) is 8.68. The van der Waals surface area contributed by atoms with E-state index in [-0.39, 0.29) is 0 Å². The summed E-state index contributed by atoms with van der Waals surface area (Å²) >= 11 is 0. The van der Waals surface area contributed by atoms with Crippen molar-refractivity contribution < 1.29 is 56.6 Å². The third kappa shape index (κ3) is 7.04. The Hall–Kier alpha value is -1.59. The number of phosphoric ester groups is 1. The zero-order valence-corrected chi connectivity index (χ0v) is 14.3. The van der Waals surface area contributed by atoms with Gasteiger partial charge >= 0.3 is 17.9 Å². The van der Waals surface area contributed by atoms with Crippen molar-refractivity contribution in [1.29, 1.82) is 0 Å². The van der Waals surface area contributed by atoms with E-state index in [4.69, 9.17) is 19.1 Å². The zero-order valence-electron chi connectivity index (χ0n) is 13.4. The van der Waals surface area contributed by atoms with Crippen LogP contribution in [0.4, 0.5) is 4.39 Å². The molecule has 1 unspecified atom stereocenters. The number of hydrogen-bond acceptors (Lipinski definition) is 10. The number of halogens is 1. The first-order valence-electron chi connectivity index (χ1n) is 6.90. The SMILES string of the molecule is CC(=O)OC[C@@H](OC(C)=O)[C@@H]1O[C@H](OP(=O)([O-])O)[C@H](F)[C@H]1OC(C)=O. The highest BCUT2D eigenvalue weighted by Gasteiger charge is 2.53. The van der Waals surface area contributed by atoms with Crippen LogP contribution in [0.3, 0.4) is 0 Å². The van der Waals surface area contributed by atoms with E-state index in [0.717, 1.165) is 20.8 Å². The fourth-order valence-corrected chi connectivity index (χ4v) is 2.52. The standard InChI is InChI=1S/C12H18FO11P/c1-5(14)20-4-8(21-6(2)15)10-11(22-7(3)16)9(13)12(23-10)24-25(17,18)19/h8-12H,4H2,1-3H3,(H2,17,18,19)/p-1/t8-,9-,10+,11-,12-/m1/s1. The number of phosphoric acid groups is 1. The van der Waals surface area contributed by atoms with Crippen molar-refractivity contribution in [3.8, 4) is 0 Å². The van der Waals surface area contributed by atoms with Crippen molar-refractivity contribution in [2.45, 2.75) is 51.5 Å². The molecule has 0 amide bonds. The highest BCUT2D eigenvalue weighted by molar-refractivity contribution is 7.44. The molecule has 1 rings (SSSR count). The summed E-state index contributed by atoms with van der Waals surface area (Å²) in [4.78, 5) is 52.7. The van der Waals surface area contributed by atoms with Crippen LogP contribution in [-0.2, 0) is 42.4 Å². The third-order valence-corrected chi connectivity index (χ3v) is 3.34. The second-order valence-corrected chi connectivity index (χ2v) is 6.16. The maximum absolute atomic E-state index is 14.3. The van der Waals surface area contributed by atoms with Gasteiger partial charge in [-0.15, -0.1) is 0 Å². The van der Waals surface area contributed by atoms with E-state index in [1.807, 2.05) is 0 Å². The highest BCUT2D eigenvalue weighted by atomic mass is 31.2. The van der Waals surface area contributed by atoms with Gasteiger partial charge < -0.3 is 28.7 Å². The van der Waals surface area contributed by atoms with Crippen molar-refractivity contribution >= 4 is 25.7 Å². The predicted octanol–water partition coefficient (Wildman–Crippen LogP) is -1.05. The Morgan fingerprint density at radius 1 is 1.24 bits per heavy atom. The lowest BCUT2D eigenvalue weighted by molar-refractivity contribution is -0.244. The normalized spacial score (nSPS) is 29.4. The minimum absolute atomic E-state index is 0.578. The molecule has 1 aliphatic heterocycles. The minimum atomic E-state index is -5.38. The van der Waals surface area contributed by atoms with Crippen molar-refractivity contribution in [3.63, 3.8) is 0 Å². The van der Waals surface area contributed by atoms with Crippen LogP contribution in [0.2, 0.25) is 0 Å². The molecule has 0 spiro atoms. The Kier molecular flexibility index (Phi) is 7.44. The van der Waals surface area contributed by atoms with Gasteiger partial charge in [0.25, 0.3) is 7.82 Å². The van der Waals surface area contributed by atoms with E-state index in [1.165, 1.54) is 0 Å². The van der Waals surface area contributed by atoms with Crippen molar-refractivity contribution in [2.75, 3.05) is 6.61 Å². The smallest absolute Gasteiger partial charge is 0.303 e. The molecule has 1 fully saturated rings. The number of carbonyl (C=O) groups is 3. The molecule has 6 atom stereocenters. The molecule has 0 aromatic rings. The maximum atomic E-state index is 14.3. The summed E-state index contributed by atoms with van der Waals surface area (Å²) in [5.41, 5.74) is 0. The molecule has 144 valence electrons. The molecule has 1 heterocycles. The molecule has 0 aliphatic carbocycles. The monoisotopic (exact) mass is 387 g/mol. The maximum Gasteiger partial charge on any atom is 0.303 e. The minimum Gasteiger partial charge on any atom is -0.756 e. The summed E-state index contributed by atoms with van der Waals surface area (Å²) in [6.45, 7) is 2.45. The molecular weight excluding hydrogens is 370 g/mol. The molecule has 1 aliphatic rings. The predicted molar refractivity (Wildman–Crippen MR) is 72.2 cm³/mol. The highest BCUT2D eigenvalue weighted by Crippen LogP contribution is 2.40. The Morgan fingerprint density at radius 3 is 2.28 bits per heavy atom. The molecule has 13 heteroatoms. The molecule has 0 aromatic heterocycles. The molecule has 0 bridgehead atoms. The van der Waals surface area contributed by atoms with Crippen molar-refractivity contribution in [1.82, 2.24) is 0 Å². The number of alkyl halides is 1. The molecule has 1 saturated heterocycles. The molecule has 0 saturated carbocycles. The van der Waals surface area contributed by atoms with Gasteiger partial charge in [-0.1, -0.05) is 0 Å². The lowest BCUT2D eigenvalue weighted by atomic mass is 10.1. The molecule has 0 radical (unpaired) electrons. The fraction of sp³-hybridized carbons (Fsp3) is 0.750. The Bertz CT molecular complexity index is 561. The van der Waals surface area contributed by atoms with Gasteiger partial charge in [-0.3, -0.25) is 23.5 Å². The molecule has 0 aromatic carbocycles. The van der Waals surface area contributed by atoms with Crippen LogP contribution in [0.15, 0.2) is 0 Å². The first-order chi connectivity index (χ1) is 11.4. The van der Waals surface area contributed by atoms with Gasteiger partial charge in [0.1, 0.15) is 12.7 Å². The summed E-state index contributed by atoms with van der Waals surface area (Å²) < 4.78 is 48.4. The number of rotatable bonds is 7. The van der Waals surface area contributed by atoms with Gasteiger partial charge in [-0.2, -0.15) is 0 Å². The summed E-state index contributed by atoms with van der Waals surface area (Å²) in [6.07, 6.45) is -9.22. The molecule has 1 N–H and O–H groups in total. The van der Waals surface area contributed by atoms with Crippen molar-refractivity contribution in [3.05, 3.63) is 0 Å². The third-order valence-electron chi connectivity index (χ3n) is 2.86. The van der Waals surface area contributed by atoms with Gasteiger partial charge in [0.15, 0.2) is 18.4 Å². The largest absolute Gasteiger partial charge is 0.756 e. The number of ether oxygens (including phenoxy) is 4. The summed E-state index contributed by atoms with van der Waals surface area (Å²) in [6, 6.07) is 0. The van der Waals surface area contributed by atoms with E-state index in [9.17, 15) is 28.2 Å². The molecular formula is C12H17FO11P-. The average molecular weight is 387 g/mol. The summed E-state index contributed by atoms with van der Waals surface area (Å²) in [5, 5.41) is 0. The van der Waals surface area contributed by atoms with Crippen LogP contribution in [0, 0.1) is 0 Å². The lowest BCUT2D eigenvalue weighted by Gasteiger charge is -2.26. The first kappa shape index (κ1) is 21.5. The Labute approximate surface area is 141 Å². The number of hydrogen-bond donors (Lipinski definition) is 1. The van der Waals surface area contributed by atoms with Crippen LogP contribution in [0.5, 0.6) is 0 Å².